The average molecular weight is 442 g/mol. The van der Waals surface area contributed by atoms with Gasteiger partial charge in [-0.05, 0) is 24.3 Å². The first-order valence-electron chi connectivity index (χ1n) is 9.83. The van der Waals surface area contributed by atoms with Crippen molar-refractivity contribution in [1.82, 2.24) is 0 Å². The Morgan fingerprint density at radius 2 is 1.33 bits per heavy atom. The Hall–Kier alpha value is -4.49. The summed E-state index contributed by atoms with van der Waals surface area (Å²) in [5.74, 6) is -0.609. The van der Waals surface area contributed by atoms with Gasteiger partial charge in [0.2, 0.25) is 0 Å². The summed E-state index contributed by atoms with van der Waals surface area (Å²) in [6.07, 6.45) is 2.70. The van der Waals surface area contributed by atoms with E-state index in [0.29, 0.717) is 23.0 Å². The van der Waals surface area contributed by atoms with Gasteiger partial charge in [0.1, 0.15) is 34.9 Å². The molecule has 1 aliphatic heterocycles. The molecule has 0 amide bonds. The zero-order valence-corrected chi connectivity index (χ0v) is 17.3. The molecule has 164 valence electrons. The van der Waals surface area contributed by atoms with Crippen LogP contribution >= 0.6 is 0 Å². The zero-order chi connectivity index (χ0) is 23.6. The van der Waals surface area contributed by atoms with Gasteiger partial charge in [-0.15, -0.1) is 0 Å². The van der Waals surface area contributed by atoms with E-state index in [1.807, 2.05) is 0 Å². The molecule has 33 heavy (non-hydrogen) atoms. The second-order valence-electron chi connectivity index (χ2n) is 7.08. The van der Waals surface area contributed by atoms with Crippen LogP contribution in [0.4, 0.5) is 0 Å². The van der Waals surface area contributed by atoms with Gasteiger partial charge in [-0.25, -0.2) is 9.59 Å². The molecule has 7 heteroatoms. The molecule has 0 aliphatic carbocycles. The van der Waals surface area contributed by atoms with Crippen LogP contribution in [-0.4, -0.2) is 23.3 Å². The number of carbonyl (C=O) groups excluding carboxylic acids is 3. The Kier molecular flexibility index (Phi) is 5.64. The summed E-state index contributed by atoms with van der Waals surface area (Å²) in [7, 11) is 0. The number of hydrogen-bond acceptors (Lipinski definition) is 7. The van der Waals surface area contributed by atoms with Crippen molar-refractivity contribution in [3.05, 3.63) is 108 Å². The quantitative estimate of drug-likeness (QED) is 0.266. The molecule has 0 atom stereocenters. The molecule has 0 spiro atoms. The summed E-state index contributed by atoms with van der Waals surface area (Å²) < 4.78 is 16.3. The first kappa shape index (κ1) is 21.7. The molecule has 0 aromatic heterocycles. The molecule has 4 rings (SSSR count). The number of esters is 2. The maximum Gasteiger partial charge on any atom is 0.335 e. The molecule has 1 aliphatic rings. The minimum absolute atomic E-state index is 0.169. The van der Waals surface area contributed by atoms with Crippen LogP contribution < -0.4 is 14.2 Å². The highest BCUT2D eigenvalue weighted by molar-refractivity contribution is 5.84. The molecular formula is C26H18O7. The van der Waals surface area contributed by atoms with Gasteiger partial charge in [0.25, 0.3) is 0 Å². The Balaban J connectivity index is 1.93. The van der Waals surface area contributed by atoms with E-state index in [9.17, 15) is 19.5 Å². The predicted molar refractivity (Wildman–Crippen MR) is 119 cm³/mol. The monoisotopic (exact) mass is 442 g/mol. The van der Waals surface area contributed by atoms with Crippen molar-refractivity contribution in [2.24, 2.45) is 0 Å². The molecule has 0 saturated heterocycles. The molecule has 3 aromatic carbocycles. The van der Waals surface area contributed by atoms with E-state index in [2.05, 4.69) is 13.2 Å². The lowest BCUT2D eigenvalue weighted by Gasteiger charge is -2.37. The molecule has 3 aromatic rings. The van der Waals surface area contributed by atoms with E-state index in [-0.39, 0.29) is 28.6 Å². The van der Waals surface area contributed by atoms with E-state index in [1.54, 1.807) is 36.4 Å². The number of carbonyl (C=O) groups is 3. The van der Waals surface area contributed by atoms with Crippen LogP contribution in [0.25, 0.3) is 0 Å². The zero-order valence-electron chi connectivity index (χ0n) is 17.3. The van der Waals surface area contributed by atoms with Gasteiger partial charge in [-0.1, -0.05) is 37.4 Å². The first-order chi connectivity index (χ1) is 15.9. The summed E-state index contributed by atoms with van der Waals surface area (Å²) >= 11 is 0. The fraction of sp³-hybridized carbons (Fsp3) is 0.0385. The van der Waals surface area contributed by atoms with Crippen molar-refractivity contribution < 1.29 is 33.7 Å². The Morgan fingerprint density at radius 3 is 1.82 bits per heavy atom. The standard InChI is InChI=1S/C26H18O7/c1-3-24(28)31-17-9-11-20-22(13-17)33-23-14-18(32-25(29)4-2)10-12-21(23)26(20,30)19-8-6-5-7-16(19)15-27/h3-15,30H,1-2H2. The van der Waals surface area contributed by atoms with Gasteiger partial charge in [0.15, 0.2) is 0 Å². The number of aldehydes is 1. The molecule has 0 unspecified atom stereocenters. The number of aliphatic hydroxyl groups is 1. The fourth-order valence-corrected chi connectivity index (χ4v) is 3.70. The van der Waals surface area contributed by atoms with Crippen molar-refractivity contribution in [2.75, 3.05) is 0 Å². The van der Waals surface area contributed by atoms with Crippen molar-refractivity contribution in [3.63, 3.8) is 0 Å². The third kappa shape index (κ3) is 3.81. The second kappa shape index (κ2) is 8.57. The number of fused-ring (bicyclic) bond motifs is 2. The summed E-state index contributed by atoms with van der Waals surface area (Å²) in [5.41, 5.74) is -0.514. The van der Waals surface area contributed by atoms with Crippen LogP contribution in [0.5, 0.6) is 23.0 Å². The van der Waals surface area contributed by atoms with E-state index < -0.39 is 17.5 Å². The highest BCUT2D eigenvalue weighted by Crippen LogP contribution is 2.52. The van der Waals surface area contributed by atoms with Crippen molar-refractivity contribution in [2.45, 2.75) is 5.60 Å². The third-order valence-electron chi connectivity index (χ3n) is 5.15. The summed E-state index contributed by atoms with van der Waals surface area (Å²) in [4.78, 5) is 35.0. The SMILES string of the molecule is C=CC(=O)Oc1ccc2c(c1)Oc1cc(OC(=O)C=C)ccc1C2(O)c1ccccc1C=O. The molecule has 7 nitrogen and oxygen atoms in total. The maximum absolute atomic E-state index is 12.1. The molecule has 0 saturated carbocycles. The van der Waals surface area contributed by atoms with Gasteiger partial charge in [0.05, 0.1) is 0 Å². The van der Waals surface area contributed by atoms with Crippen molar-refractivity contribution in [1.29, 1.82) is 0 Å². The number of hydrogen-bond donors (Lipinski definition) is 1. The third-order valence-corrected chi connectivity index (χ3v) is 5.15. The van der Waals surface area contributed by atoms with Crippen molar-refractivity contribution in [3.8, 4) is 23.0 Å². The molecule has 0 radical (unpaired) electrons. The smallest absolute Gasteiger partial charge is 0.335 e. The van der Waals surface area contributed by atoms with Gasteiger partial charge < -0.3 is 19.3 Å². The summed E-state index contributed by atoms with van der Waals surface area (Å²) in [6, 6.07) is 15.6. The maximum atomic E-state index is 12.1. The summed E-state index contributed by atoms with van der Waals surface area (Å²) in [6.45, 7) is 6.74. The van der Waals surface area contributed by atoms with E-state index in [4.69, 9.17) is 14.2 Å². The summed E-state index contributed by atoms with van der Waals surface area (Å²) in [5, 5.41) is 12.1. The van der Waals surface area contributed by atoms with Gasteiger partial charge in [0, 0.05) is 46.5 Å². The number of benzene rings is 3. The number of rotatable bonds is 6. The van der Waals surface area contributed by atoms with Crippen LogP contribution in [0.15, 0.2) is 86.0 Å². The highest BCUT2D eigenvalue weighted by atomic mass is 16.5. The normalized spacial score (nSPS) is 12.9. The van der Waals surface area contributed by atoms with Crippen LogP contribution in [0, 0.1) is 0 Å². The van der Waals surface area contributed by atoms with Gasteiger partial charge in [-0.2, -0.15) is 0 Å². The molecule has 1 N–H and O–H groups in total. The minimum atomic E-state index is -1.79. The van der Waals surface area contributed by atoms with E-state index in [1.165, 1.54) is 24.3 Å². The van der Waals surface area contributed by atoms with Crippen LogP contribution in [-0.2, 0) is 15.2 Å². The van der Waals surface area contributed by atoms with Gasteiger partial charge >= 0.3 is 11.9 Å². The molecule has 1 heterocycles. The average Bonchev–Trinajstić information content (AvgIpc) is 2.83. The lowest BCUT2D eigenvalue weighted by atomic mass is 9.76. The largest absolute Gasteiger partial charge is 0.456 e. The van der Waals surface area contributed by atoms with Gasteiger partial charge in [-0.3, -0.25) is 4.79 Å². The Bertz CT molecular complexity index is 1230. The predicted octanol–water partition coefficient (Wildman–Crippen LogP) is 4.07. The second-order valence-corrected chi connectivity index (χ2v) is 7.08. The van der Waals surface area contributed by atoms with E-state index in [0.717, 1.165) is 12.2 Å². The van der Waals surface area contributed by atoms with Crippen LogP contribution in [0.3, 0.4) is 0 Å². The lowest BCUT2D eigenvalue weighted by Crippen LogP contribution is -2.33. The minimum Gasteiger partial charge on any atom is -0.456 e. The fourth-order valence-electron chi connectivity index (χ4n) is 3.70. The Morgan fingerprint density at radius 1 is 0.818 bits per heavy atom. The van der Waals surface area contributed by atoms with E-state index >= 15 is 0 Å². The topological polar surface area (TPSA) is 99.1 Å². The lowest BCUT2D eigenvalue weighted by molar-refractivity contribution is -0.129. The highest BCUT2D eigenvalue weighted by Gasteiger charge is 2.44. The Labute approximate surface area is 189 Å². The first-order valence-corrected chi connectivity index (χ1v) is 9.83. The van der Waals surface area contributed by atoms with Crippen molar-refractivity contribution >= 4 is 18.2 Å². The number of ether oxygens (including phenoxy) is 3. The molecule has 0 bridgehead atoms. The molecule has 0 fully saturated rings. The molecular weight excluding hydrogens is 424 g/mol. The van der Waals surface area contributed by atoms with Crippen LogP contribution in [0.2, 0.25) is 0 Å². The van der Waals surface area contributed by atoms with Crippen LogP contribution in [0.1, 0.15) is 27.0 Å².